The van der Waals surface area contributed by atoms with Crippen molar-refractivity contribution in [3.63, 3.8) is 0 Å². The Labute approximate surface area is 153 Å². The van der Waals surface area contributed by atoms with Gasteiger partial charge < -0.3 is 4.74 Å². The van der Waals surface area contributed by atoms with Gasteiger partial charge in [0.05, 0.1) is 18.5 Å². The molecule has 4 nitrogen and oxygen atoms in total. The second-order valence-corrected chi connectivity index (χ2v) is 6.06. The van der Waals surface area contributed by atoms with Gasteiger partial charge in [-0.05, 0) is 43.2 Å². The molecule has 3 aromatic rings. The van der Waals surface area contributed by atoms with E-state index < -0.39 is 0 Å². The molecule has 0 fully saturated rings. The van der Waals surface area contributed by atoms with Gasteiger partial charge in [-0.15, -0.1) is 5.11 Å². The fourth-order valence-electron chi connectivity index (χ4n) is 2.64. The van der Waals surface area contributed by atoms with Gasteiger partial charge in [0, 0.05) is 17.2 Å². The van der Waals surface area contributed by atoms with Crippen molar-refractivity contribution in [2.75, 3.05) is 7.11 Å². The number of ether oxygens (including phenoxy) is 1. The second-order valence-electron chi connectivity index (χ2n) is 6.06. The van der Waals surface area contributed by atoms with Crippen LogP contribution in [-0.2, 0) is 0 Å². The third kappa shape index (κ3) is 4.03. The minimum absolute atomic E-state index is 0.0541. The molecule has 130 valence electrons. The number of carbonyl (C=O) groups is 1. The normalized spacial score (nSPS) is 10.9. The van der Waals surface area contributed by atoms with Crippen LogP contribution in [0.3, 0.4) is 0 Å². The molecular weight excluding hydrogens is 324 g/mol. The van der Waals surface area contributed by atoms with Gasteiger partial charge >= 0.3 is 0 Å². The molecule has 0 aromatic heterocycles. The Morgan fingerprint density at radius 2 is 1.69 bits per heavy atom. The van der Waals surface area contributed by atoms with Gasteiger partial charge in [0.1, 0.15) is 5.75 Å². The summed E-state index contributed by atoms with van der Waals surface area (Å²) in [6.45, 7) is 3.59. The van der Waals surface area contributed by atoms with Gasteiger partial charge in [-0.2, -0.15) is 5.11 Å². The maximum absolute atomic E-state index is 11.5. The fraction of sp³-hybridized carbons (Fsp3) is 0.136. The zero-order chi connectivity index (χ0) is 18.5. The Kier molecular flexibility index (Phi) is 5.23. The Morgan fingerprint density at radius 3 is 2.38 bits per heavy atom. The summed E-state index contributed by atoms with van der Waals surface area (Å²) in [6.07, 6.45) is 0. The standard InChI is InChI=1S/C22H20N2O2/c1-15-7-12-21(18-10-8-17(9-11-18)16(2)25)22(13-15)24-23-19-5-4-6-20(14-19)26-3/h4-14H,1-3H3. The van der Waals surface area contributed by atoms with Gasteiger partial charge in [0.2, 0.25) is 0 Å². The van der Waals surface area contributed by atoms with E-state index >= 15 is 0 Å². The average Bonchev–Trinajstić information content (AvgIpc) is 2.66. The first-order valence-corrected chi connectivity index (χ1v) is 8.34. The van der Waals surface area contributed by atoms with Crippen LogP contribution in [0.25, 0.3) is 11.1 Å². The monoisotopic (exact) mass is 344 g/mol. The summed E-state index contributed by atoms with van der Waals surface area (Å²) in [7, 11) is 1.62. The number of aryl methyl sites for hydroxylation is 1. The van der Waals surface area contributed by atoms with Crippen LogP contribution in [0.2, 0.25) is 0 Å². The van der Waals surface area contributed by atoms with Crippen LogP contribution in [0.1, 0.15) is 22.8 Å². The molecule has 0 bridgehead atoms. The number of nitrogens with zero attached hydrogens (tertiary/aromatic N) is 2. The number of ketones is 1. The van der Waals surface area contributed by atoms with Crippen LogP contribution in [0.15, 0.2) is 77.0 Å². The van der Waals surface area contributed by atoms with Crippen LogP contribution in [0.4, 0.5) is 11.4 Å². The molecule has 0 aliphatic heterocycles. The lowest BCUT2D eigenvalue weighted by molar-refractivity contribution is 0.101. The van der Waals surface area contributed by atoms with Crippen molar-refractivity contribution < 1.29 is 9.53 Å². The predicted molar refractivity (Wildman–Crippen MR) is 104 cm³/mol. The van der Waals surface area contributed by atoms with Crippen molar-refractivity contribution in [1.29, 1.82) is 0 Å². The summed E-state index contributed by atoms with van der Waals surface area (Å²) in [5.74, 6) is 0.795. The number of rotatable bonds is 5. The van der Waals surface area contributed by atoms with Crippen molar-refractivity contribution in [3.8, 4) is 16.9 Å². The number of hydrogen-bond acceptors (Lipinski definition) is 4. The number of benzene rings is 3. The van der Waals surface area contributed by atoms with Crippen molar-refractivity contribution in [3.05, 3.63) is 77.9 Å². The van der Waals surface area contributed by atoms with Crippen LogP contribution in [0, 0.1) is 6.92 Å². The predicted octanol–water partition coefficient (Wildman–Crippen LogP) is 6.29. The Balaban J connectivity index is 1.97. The SMILES string of the molecule is COc1cccc(N=Nc2cc(C)ccc2-c2ccc(C(C)=O)cc2)c1. The fourth-order valence-corrected chi connectivity index (χ4v) is 2.64. The van der Waals surface area contributed by atoms with Gasteiger partial charge in [0.15, 0.2) is 5.78 Å². The summed E-state index contributed by atoms with van der Waals surface area (Å²) < 4.78 is 5.22. The van der Waals surface area contributed by atoms with E-state index in [2.05, 4.69) is 10.2 Å². The second kappa shape index (κ2) is 7.74. The Hall–Kier alpha value is -3.27. The smallest absolute Gasteiger partial charge is 0.159 e. The molecule has 0 N–H and O–H groups in total. The zero-order valence-corrected chi connectivity index (χ0v) is 15.1. The summed E-state index contributed by atoms with van der Waals surface area (Å²) >= 11 is 0. The first-order valence-electron chi connectivity index (χ1n) is 8.34. The molecule has 3 aromatic carbocycles. The maximum atomic E-state index is 11.5. The lowest BCUT2D eigenvalue weighted by Crippen LogP contribution is -1.91. The quantitative estimate of drug-likeness (QED) is 0.403. The number of Topliss-reactive ketones (excluding diaryl/α,β-unsaturated/α-hetero) is 1. The number of hydrogen-bond donors (Lipinski definition) is 0. The molecule has 0 heterocycles. The highest BCUT2D eigenvalue weighted by atomic mass is 16.5. The Morgan fingerprint density at radius 1 is 0.923 bits per heavy atom. The molecule has 0 saturated heterocycles. The highest BCUT2D eigenvalue weighted by Crippen LogP contribution is 2.33. The number of azo groups is 1. The van der Waals surface area contributed by atoms with Crippen molar-refractivity contribution in [1.82, 2.24) is 0 Å². The topological polar surface area (TPSA) is 51.0 Å². The van der Waals surface area contributed by atoms with Crippen LogP contribution < -0.4 is 4.74 Å². The molecular formula is C22H20N2O2. The molecule has 0 radical (unpaired) electrons. The molecule has 0 aliphatic rings. The number of methoxy groups -OCH3 is 1. The van der Waals surface area contributed by atoms with E-state index in [-0.39, 0.29) is 5.78 Å². The van der Waals surface area contributed by atoms with E-state index in [1.165, 1.54) is 0 Å². The van der Waals surface area contributed by atoms with E-state index in [4.69, 9.17) is 4.74 Å². The summed E-state index contributed by atoms with van der Waals surface area (Å²) in [5, 5.41) is 8.80. The highest BCUT2D eigenvalue weighted by molar-refractivity contribution is 5.94. The summed E-state index contributed by atoms with van der Waals surface area (Å²) in [5.41, 5.74) is 5.27. The zero-order valence-electron chi connectivity index (χ0n) is 15.1. The third-order valence-corrected chi connectivity index (χ3v) is 4.08. The van der Waals surface area contributed by atoms with Crippen LogP contribution in [-0.4, -0.2) is 12.9 Å². The lowest BCUT2D eigenvalue weighted by atomic mass is 10.00. The molecule has 0 amide bonds. The van der Waals surface area contributed by atoms with Crippen molar-refractivity contribution in [2.24, 2.45) is 10.2 Å². The molecule has 26 heavy (non-hydrogen) atoms. The summed E-state index contributed by atoms with van der Waals surface area (Å²) in [4.78, 5) is 11.5. The molecule has 0 unspecified atom stereocenters. The maximum Gasteiger partial charge on any atom is 0.159 e. The van der Waals surface area contributed by atoms with Gasteiger partial charge in [0.25, 0.3) is 0 Å². The van der Waals surface area contributed by atoms with E-state index in [0.29, 0.717) is 5.56 Å². The Bertz CT molecular complexity index is 960. The third-order valence-electron chi connectivity index (χ3n) is 4.08. The molecule has 0 atom stereocenters. The average molecular weight is 344 g/mol. The van der Waals surface area contributed by atoms with Crippen molar-refractivity contribution in [2.45, 2.75) is 13.8 Å². The van der Waals surface area contributed by atoms with E-state index in [9.17, 15) is 4.79 Å². The minimum Gasteiger partial charge on any atom is -0.497 e. The summed E-state index contributed by atoms with van der Waals surface area (Å²) in [6, 6.07) is 21.1. The van der Waals surface area contributed by atoms with Crippen LogP contribution >= 0.6 is 0 Å². The van der Waals surface area contributed by atoms with Crippen molar-refractivity contribution >= 4 is 17.2 Å². The lowest BCUT2D eigenvalue weighted by Gasteiger charge is -2.07. The molecule has 0 saturated carbocycles. The van der Waals surface area contributed by atoms with Gasteiger partial charge in [-0.25, -0.2) is 0 Å². The van der Waals surface area contributed by atoms with Crippen LogP contribution in [0.5, 0.6) is 5.75 Å². The molecule has 0 aliphatic carbocycles. The largest absolute Gasteiger partial charge is 0.497 e. The first kappa shape index (κ1) is 17.5. The highest BCUT2D eigenvalue weighted by Gasteiger charge is 2.07. The molecule has 0 spiro atoms. The number of carbonyl (C=O) groups excluding carboxylic acids is 1. The van der Waals surface area contributed by atoms with E-state index in [0.717, 1.165) is 33.8 Å². The first-order chi connectivity index (χ1) is 12.6. The molecule has 4 heteroatoms. The van der Waals surface area contributed by atoms with E-state index in [1.54, 1.807) is 14.0 Å². The van der Waals surface area contributed by atoms with E-state index in [1.807, 2.05) is 73.7 Å². The van der Waals surface area contributed by atoms with Gasteiger partial charge in [-0.1, -0.05) is 42.5 Å². The van der Waals surface area contributed by atoms with Gasteiger partial charge in [-0.3, -0.25) is 4.79 Å². The minimum atomic E-state index is 0.0541. The molecule has 3 rings (SSSR count).